The number of amides is 2. The van der Waals surface area contributed by atoms with E-state index in [9.17, 15) is 18.4 Å². The van der Waals surface area contributed by atoms with Crippen LogP contribution in [0.15, 0.2) is 84.2 Å². The number of hydrogen-bond acceptors (Lipinski definition) is 4. The van der Waals surface area contributed by atoms with Crippen molar-refractivity contribution in [2.45, 2.75) is 19.7 Å². The highest BCUT2D eigenvalue weighted by Crippen LogP contribution is 2.31. The zero-order chi connectivity index (χ0) is 24.6. The van der Waals surface area contributed by atoms with E-state index in [0.717, 1.165) is 28.8 Å². The molecule has 0 spiro atoms. The zero-order valence-electron chi connectivity index (χ0n) is 18.6. The van der Waals surface area contributed by atoms with Crippen molar-refractivity contribution in [3.63, 3.8) is 0 Å². The van der Waals surface area contributed by atoms with Gasteiger partial charge in [-0.1, -0.05) is 60.7 Å². The molecular weight excluding hydrogens is 470 g/mol. The number of thiophene rings is 1. The summed E-state index contributed by atoms with van der Waals surface area (Å²) in [6, 6.07) is 21.9. The molecule has 0 saturated heterocycles. The van der Waals surface area contributed by atoms with Gasteiger partial charge >= 0.3 is 6.09 Å². The smallest absolute Gasteiger partial charge is 0.407 e. The second-order valence-corrected chi connectivity index (χ2v) is 8.57. The first-order valence-corrected chi connectivity index (χ1v) is 11.7. The van der Waals surface area contributed by atoms with Crippen LogP contribution in [-0.4, -0.2) is 12.0 Å². The van der Waals surface area contributed by atoms with Crippen molar-refractivity contribution in [1.29, 1.82) is 0 Å². The molecule has 1 aromatic heterocycles. The van der Waals surface area contributed by atoms with E-state index in [-0.39, 0.29) is 31.2 Å². The molecule has 1 heterocycles. The van der Waals surface area contributed by atoms with Crippen molar-refractivity contribution in [3.8, 4) is 11.1 Å². The van der Waals surface area contributed by atoms with Gasteiger partial charge < -0.3 is 15.4 Å². The Hall–Kier alpha value is -4.04. The molecule has 5 nitrogen and oxygen atoms in total. The van der Waals surface area contributed by atoms with Crippen LogP contribution in [-0.2, 0) is 24.4 Å². The molecule has 8 heteroatoms. The van der Waals surface area contributed by atoms with Crippen LogP contribution in [0, 0.1) is 11.6 Å². The first-order valence-electron chi connectivity index (χ1n) is 10.8. The lowest BCUT2D eigenvalue weighted by Gasteiger charge is -2.12. The summed E-state index contributed by atoms with van der Waals surface area (Å²) in [5.41, 5.74) is 3.37. The van der Waals surface area contributed by atoms with Crippen LogP contribution in [0.25, 0.3) is 11.1 Å². The number of carbonyl (C=O) groups excluding carboxylic acids is 2. The highest BCUT2D eigenvalue weighted by atomic mass is 32.1. The summed E-state index contributed by atoms with van der Waals surface area (Å²) < 4.78 is 32.3. The van der Waals surface area contributed by atoms with Crippen molar-refractivity contribution in [3.05, 3.63) is 117 Å². The van der Waals surface area contributed by atoms with E-state index in [4.69, 9.17) is 4.74 Å². The van der Waals surface area contributed by atoms with E-state index in [2.05, 4.69) is 10.6 Å². The summed E-state index contributed by atoms with van der Waals surface area (Å²) in [7, 11) is 0. The van der Waals surface area contributed by atoms with Crippen LogP contribution >= 0.6 is 11.3 Å². The van der Waals surface area contributed by atoms with E-state index >= 15 is 0 Å². The lowest BCUT2D eigenvalue weighted by molar-refractivity contribution is 0.0955. The van der Waals surface area contributed by atoms with Crippen molar-refractivity contribution in [2.24, 2.45) is 0 Å². The molecule has 0 bridgehead atoms. The number of carbonyl (C=O) groups is 2. The minimum absolute atomic E-state index is 0.0707. The molecule has 178 valence electrons. The van der Waals surface area contributed by atoms with E-state index < -0.39 is 17.7 Å². The molecule has 35 heavy (non-hydrogen) atoms. The molecule has 4 rings (SSSR count). The molecule has 2 amide bonds. The quantitative estimate of drug-likeness (QED) is 0.315. The number of ether oxygens (including phenoxy) is 1. The number of benzene rings is 3. The molecule has 0 radical (unpaired) electrons. The summed E-state index contributed by atoms with van der Waals surface area (Å²) in [6.45, 7) is 0.304. The Morgan fingerprint density at radius 2 is 1.54 bits per heavy atom. The van der Waals surface area contributed by atoms with Crippen molar-refractivity contribution < 1.29 is 23.1 Å². The summed E-state index contributed by atoms with van der Waals surface area (Å²) >= 11 is 1.26. The number of nitrogens with one attached hydrogen (secondary N) is 2. The topological polar surface area (TPSA) is 67.4 Å². The van der Waals surface area contributed by atoms with Gasteiger partial charge in [0.25, 0.3) is 5.91 Å². The van der Waals surface area contributed by atoms with Gasteiger partial charge in [-0.25, -0.2) is 13.6 Å². The Morgan fingerprint density at radius 3 is 2.34 bits per heavy atom. The Kier molecular flexibility index (Phi) is 7.84. The molecule has 0 unspecified atom stereocenters. The van der Waals surface area contributed by atoms with Gasteiger partial charge in [0.05, 0.1) is 4.88 Å². The van der Waals surface area contributed by atoms with Gasteiger partial charge in [0, 0.05) is 30.3 Å². The third-order valence-electron chi connectivity index (χ3n) is 5.27. The van der Waals surface area contributed by atoms with Crippen LogP contribution in [0.4, 0.5) is 13.6 Å². The minimum atomic E-state index is -0.715. The number of alkyl carbamates (subject to hydrolysis) is 1. The van der Waals surface area contributed by atoms with E-state index in [0.29, 0.717) is 10.4 Å². The largest absolute Gasteiger partial charge is 0.445 e. The van der Waals surface area contributed by atoms with E-state index in [1.807, 2.05) is 60.7 Å². The summed E-state index contributed by atoms with van der Waals surface area (Å²) in [5.74, 6) is -1.76. The minimum Gasteiger partial charge on any atom is -0.445 e. The Balaban J connectivity index is 1.41. The van der Waals surface area contributed by atoms with Crippen LogP contribution < -0.4 is 10.6 Å². The second kappa shape index (κ2) is 11.4. The molecule has 0 aliphatic carbocycles. The third-order valence-corrected chi connectivity index (χ3v) is 6.18. The standard InChI is InChI=1S/C27H22F2N2O3S/c28-21-11-10-20(24(29)14-21)16-30-26(32)25-23(12-13-35-25)22-9-5-4-8-19(22)15-31-27(33)34-17-18-6-2-1-3-7-18/h1-14H,15-17H2,(H,30,32)(H,31,33). The van der Waals surface area contributed by atoms with Gasteiger partial charge in [0.2, 0.25) is 0 Å². The van der Waals surface area contributed by atoms with E-state index in [1.165, 1.54) is 17.4 Å². The maximum atomic E-state index is 13.9. The fourth-order valence-corrected chi connectivity index (χ4v) is 4.32. The summed E-state index contributed by atoms with van der Waals surface area (Å²) in [4.78, 5) is 25.5. The van der Waals surface area contributed by atoms with Gasteiger partial charge in [-0.15, -0.1) is 11.3 Å². The number of rotatable bonds is 8. The van der Waals surface area contributed by atoms with E-state index in [1.54, 1.807) is 5.38 Å². The Bertz CT molecular complexity index is 1330. The lowest BCUT2D eigenvalue weighted by Crippen LogP contribution is -2.24. The number of halogens is 2. The van der Waals surface area contributed by atoms with Crippen molar-refractivity contribution in [1.82, 2.24) is 10.6 Å². The molecule has 2 N–H and O–H groups in total. The molecule has 0 aliphatic rings. The third kappa shape index (κ3) is 6.30. The predicted octanol–water partition coefficient (Wildman–Crippen LogP) is 6.05. The first-order chi connectivity index (χ1) is 17.0. The predicted molar refractivity (Wildman–Crippen MR) is 131 cm³/mol. The highest BCUT2D eigenvalue weighted by molar-refractivity contribution is 7.12. The Morgan fingerprint density at radius 1 is 0.800 bits per heavy atom. The Labute approximate surface area is 205 Å². The van der Waals surface area contributed by atoms with Crippen LogP contribution in [0.1, 0.15) is 26.4 Å². The monoisotopic (exact) mass is 492 g/mol. The normalized spacial score (nSPS) is 10.6. The van der Waals surface area contributed by atoms with Crippen LogP contribution in [0.2, 0.25) is 0 Å². The molecule has 0 saturated carbocycles. The number of hydrogen-bond donors (Lipinski definition) is 2. The first kappa shape index (κ1) is 24.1. The average molecular weight is 493 g/mol. The molecule has 0 fully saturated rings. The maximum Gasteiger partial charge on any atom is 0.407 e. The second-order valence-electron chi connectivity index (χ2n) is 7.65. The summed E-state index contributed by atoms with van der Waals surface area (Å²) in [5, 5.41) is 7.23. The van der Waals surface area contributed by atoms with Crippen molar-refractivity contribution >= 4 is 23.3 Å². The fourth-order valence-electron chi connectivity index (χ4n) is 3.50. The summed E-state index contributed by atoms with van der Waals surface area (Å²) in [6.07, 6.45) is -0.548. The molecule has 4 aromatic rings. The van der Waals surface area contributed by atoms with Gasteiger partial charge in [-0.2, -0.15) is 0 Å². The van der Waals surface area contributed by atoms with Crippen LogP contribution in [0.5, 0.6) is 0 Å². The van der Waals surface area contributed by atoms with Gasteiger partial charge in [0.1, 0.15) is 18.2 Å². The van der Waals surface area contributed by atoms with Gasteiger partial charge in [-0.3, -0.25) is 4.79 Å². The highest BCUT2D eigenvalue weighted by Gasteiger charge is 2.18. The lowest BCUT2D eigenvalue weighted by atomic mass is 10.00. The average Bonchev–Trinajstić information content (AvgIpc) is 3.36. The SMILES string of the molecule is O=C(NCc1ccccc1-c1ccsc1C(=O)NCc1ccc(F)cc1F)OCc1ccccc1. The maximum absolute atomic E-state index is 13.9. The molecular formula is C27H22F2N2O3S. The van der Waals surface area contributed by atoms with Crippen LogP contribution in [0.3, 0.4) is 0 Å². The zero-order valence-corrected chi connectivity index (χ0v) is 19.4. The van der Waals surface area contributed by atoms with Crippen molar-refractivity contribution in [2.75, 3.05) is 0 Å². The molecule has 0 atom stereocenters. The molecule has 3 aromatic carbocycles. The van der Waals surface area contributed by atoms with Gasteiger partial charge in [0.15, 0.2) is 0 Å². The van der Waals surface area contributed by atoms with Gasteiger partial charge in [-0.05, 0) is 34.2 Å². The fraction of sp³-hybridized carbons (Fsp3) is 0.111. The molecule has 0 aliphatic heterocycles.